The van der Waals surface area contributed by atoms with Crippen LogP contribution in [0, 0.1) is 18.3 Å². The van der Waals surface area contributed by atoms with Gasteiger partial charge in [0.1, 0.15) is 0 Å². The molecule has 3 rings (SSSR count). The summed E-state index contributed by atoms with van der Waals surface area (Å²) in [5.74, 6) is -0.0243. The highest BCUT2D eigenvalue weighted by atomic mass is 16.2. The van der Waals surface area contributed by atoms with Gasteiger partial charge in [-0.2, -0.15) is 5.26 Å². The molecule has 0 saturated heterocycles. The van der Waals surface area contributed by atoms with Crippen LogP contribution in [0.15, 0.2) is 54.0 Å². The summed E-state index contributed by atoms with van der Waals surface area (Å²) >= 11 is 0. The Bertz CT molecular complexity index is 750. The van der Waals surface area contributed by atoms with E-state index in [9.17, 15) is 4.79 Å². The van der Waals surface area contributed by atoms with E-state index in [1.165, 1.54) is 0 Å². The lowest BCUT2D eigenvalue weighted by Crippen LogP contribution is -2.32. The molecule has 2 aliphatic heterocycles. The number of carbonyl (C=O) groups excluding carboxylic acids is 1. The largest absolute Gasteiger partial charge is 0.366 e. The van der Waals surface area contributed by atoms with Gasteiger partial charge >= 0.3 is 0 Å². The average Bonchev–Trinajstić information content (AvgIpc) is 2.76. The highest BCUT2D eigenvalue weighted by Crippen LogP contribution is 2.26. The van der Waals surface area contributed by atoms with Gasteiger partial charge in [-0.25, -0.2) is 0 Å². The predicted octanol–water partition coefficient (Wildman–Crippen LogP) is 2.99. The minimum absolute atomic E-state index is 0.0243. The number of rotatable bonds is 1. The van der Waals surface area contributed by atoms with Crippen molar-refractivity contribution in [1.29, 1.82) is 5.26 Å². The zero-order chi connectivity index (χ0) is 15.5. The van der Waals surface area contributed by atoms with Crippen LogP contribution in [-0.2, 0) is 0 Å². The number of aryl methyl sites for hydroxylation is 1. The number of allylic oxidation sites excluding steroid dienone is 2. The van der Waals surface area contributed by atoms with E-state index in [1.807, 2.05) is 30.3 Å². The van der Waals surface area contributed by atoms with E-state index in [1.54, 1.807) is 18.2 Å². The van der Waals surface area contributed by atoms with Gasteiger partial charge in [0.25, 0.3) is 5.91 Å². The summed E-state index contributed by atoms with van der Waals surface area (Å²) in [4.78, 5) is 14.7. The summed E-state index contributed by atoms with van der Waals surface area (Å²) in [6.07, 6.45) is 9.80. The molecule has 0 unspecified atom stereocenters. The molecule has 110 valence electrons. The SMILES string of the molecule is Cc1cc(C(=O)N2CCCC=C3C=CNC=C32)ccc1C#N. The van der Waals surface area contributed by atoms with Crippen LogP contribution in [0.5, 0.6) is 0 Å². The van der Waals surface area contributed by atoms with Crippen molar-refractivity contribution in [2.45, 2.75) is 19.8 Å². The lowest BCUT2D eigenvalue weighted by atomic mass is 10.0. The third kappa shape index (κ3) is 2.53. The summed E-state index contributed by atoms with van der Waals surface area (Å²) in [5.41, 5.74) is 4.04. The van der Waals surface area contributed by atoms with Crippen LogP contribution >= 0.6 is 0 Å². The number of nitriles is 1. The van der Waals surface area contributed by atoms with Crippen LogP contribution in [0.1, 0.15) is 34.3 Å². The molecule has 0 fully saturated rings. The first-order chi connectivity index (χ1) is 10.7. The second-order valence-corrected chi connectivity index (χ2v) is 5.43. The Labute approximate surface area is 130 Å². The van der Waals surface area contributed by atoms with Crippen LogP contribution in [0.4, 0.5) is 0 Å². The first-order valence-electron chi connectivity index (χ1n) is 7.36. The van der Waals surface area contributed by atoms with Gasteiger partial charge in [-0.15, -0.1) is 0 Å². The highest BCUT2D eigenvalue weighted by molar-refractivity contribution is 5.96. The lowest BCUT2D eigenvalue weighted by molar-refractivity contribution is 0.0809. The number of hydrogen-bond donors (Lipinski definition) is 1. The third-order valence-electron chi connectivity index (χ3n) is 3.95. The minimum atomic E-state index is -0.0243. The number of carbonyl (C=O) groups is 1. The van der Waals surface area contributed by atoms with Gasteiger partial charge < -0.3 is 10.2 Å². The fourth-order valence-corrected chi connectivity index (χ4v) is 2.76. The molecule has 22 heavy (non-hydrogen) atoms. The maximum atomic E-state index is 12.9. The number of benzene rings is 1. The van der Waals surface area contributed by atoms with Gasteiger partial charge in [0.2, 0.25) is 0 Å². The number of dihydropyridines is 1. The van der Waals surface area contributed by atoms with Gasteiger partial charge in [0.15, 0.2) is 0 Å². The van der Waals surface area contributed by atoms with Gasteiger partial charge in [0.05, 0.1) is 17.3 Å². The molecule has 0 saturated carbocycles. The standard InChI is InChI=1S/C18H17N3O/c1-13-10-15(5-6-16(13)11-19)18(22)21-9-3-2-4-14-7-8-20-12-17(14)21/h4-8,10,12,20H,2-3,9H2,1H3. The maximum absolute atomic E-state index is 12.9. The molecule has 0 bridgehead atoms. The van der Waals surface area contributed by atoms with Crippen LogP contribution in [0.3, 0.4) is 0 Å². The molecular weight excluding hydrogens is 274 g/mol. The van der Waals surface area contributed by atoms with Gasteiger partial charge in [-0.1, -0.05) is 6.08 Å². The number of amides is 1. The van der Waals surface area contributed by atoms with Crippen LogP contribution in [0.2, 0.25) is 0 Å². The molecule has 4 nitrogen and oxygen atoms in total. The van der Waals surface area contributed by atoms with E-state index in [4.69, 9.17) is 5.26 Å². The maximum Gasteiger partial charge on any atom is 0.258 e. The van der Waals surface area contributed by atoms with Crippen molar-refractivity contribution in [2.24, 2.45) is 0 Å². The lowest BCUT2D eigenvalue weighted by Gasteiger charge is -2.26. The topological polar surface area (TPSA) is 56.1 Å². The van der Waals surface area contributed by atoms with Crippen LogP contribution in [0.25, 0.3) is 0 Å². The molecular formula is C18H17N3O. The van der Waals surface area contributed by atoms with E-state index in [0.717, 1.165) is 29.7 Å². The first kappa shape index (κ1) is 14.2. The molecule has 1 aromatic rings. The molecule has 0 atom stereocenters. The zero-order valence-electron chi connectivity index (χ0n) is 12.5. The molecule has 0 radical (unpaired) electrons. The van der Waals surface area contributed by atoms with Gasteiger partial charge in [0, 0.05) is 24.5 Å². The fourth-order valence-electron chi connectivity index (χ4n) is 2.76. The Kier molecular flexibility index (Phi) is 3.80. The van der Waals surface area contributed by atoms with Crippen molar-refractivity contribution >= 4 is 5.91 Å². The smallest absolute Gasteiger partial charge is 0.258 e. The number of nitrogens with one attached hydrogen (secondary N) is 1. The van der Waals surface area contributed by atoms with E-state index in [0.29, 0.717) is 17.7 Å². The Morgan fingerprint density at radius 3 is 3.05 bits per heavy atom. The first-order valence-corrected chi connectivity index (χ1v) is 7.36. The predicted molar refractivity (Wildman–Crippen MR) is 84.6 cm³/mol. The Balaban J connectivity index is 1.94. The zero-order valence-corrected chi connectivity index (χ0v) is 12.5. The summed E-state index contributed by atoms with van der Waals surface area (Å²) in [6, 6.07) is 7.37. The van der Waals surface area contributed by atoms with Crippen LogP contribution < -0.4 is 5.32 Å². The summed E-state index contributed by atoms with van der Waals surface area (Å²) in [5, 5.41) is 12.1. The molecule has 0 aliphatic carbocycles. The molecule has 0 spiro atoms. The van der Waals surface area contributed by atoms with E-state index < -0.39 is 0 Å². The molecule has 1 N–H and O–H groups in total. The van der Waals surface area contributed by atoms with Crippen molar-refractivity contribution in [2.75, 3.05) is 6.54 Å². The third-order valence-corrected chi connectivity index (χ3v) is 3.95. The second-order valence-electron chi connectivity index (χ2n) is 5.43. The van der Waals surface area contributed by atoms with Crippen molar-refractivity contribution in [1.82, 2.24) is 10.2 Å². The Hall–Kier alpha value is -2.80. The second kappa shape index (κ2) is 5.90. The van der Waals surface area contributed by atoms with Crippen molar-refractivity contribution < 1.29 is 4.79 Å². The summed E-state index contributed by atoms with van der Waals surface area (Å²) in [6.45, 7) is 2.55. The molecule has 2 heterocycles. The van der Waals surface area contributed by atoms with E-state index >= 15 is 0 Å². The normalized spacial score (nSPS) is 16.6. The molecule has 1 amide bonds. The number of nitrogens with zero attached hydrogens (tertiary/aromatic N) is 2. The molecule has 4 heteroatoms. The number of hydrogen-bond acceptors (Lipinski definition) is 3. The quantitative estimate of drug-likeness (QED) is 0.865. The average molecular weight is 291 g/mol. The van der Waals surface area contributed by atoms with Gasteiger partial charge in [-0.05, 0) is 55.2 Å². The number of fused-ring (bicyclic) bond motifs is 1. The Morgan fingerprint density at radius 1 is 1.41 bits per heavy atom. The Morgan fingerprint density at radius 2 is 2.27 bits per heavy atom. The molecule has 2 aliphatic rings. The monoisotopic (exact) mass is 291 g/mol. The molecule has 0 aromatic heterocycles. The van der Waals surface area contributed by atoms with Crippen LogP contribution in [-0.4, -0.2) is 17.4 Å². The van der Waals surface area contributed by atoms with E-state index in [-0.39, 0.29) is 5.91 Å². The summed E-state index contributed by atoms with van der Waals surface area (Å²) < 4.78 is 0. The molecule has 1 aromatic carbocycles. The van der Waals surface area contributed by atoms with E-state index in [2.05, 4.69) is 17.5 Å². The van der Waals surface area contributed by atoms with Crippen molar-refractivity contribution in [3.63, 3.8) is 0 Å². The minimum Gasteiger partial charge on any atom is -0.366 e. The fraction of sp³-hybridized carbons (Fsp3) is 0.222. The van der Waals surface area contributed by atoms with Crippen molar-refractivity contribution in [3.05, 3.63) is 70.7 Å². The van der Waals surface area contributed by atoms with Gasteiger partial charge in [-0.3, -0.25) is 4.79 Å². The highest BCUT2D eigenvalue weighted by Gasteiger charge is 2.24. The van der Waals surface area contributed by atoms with Crippen molar-refractivity contribution in [3.8, 4) is 6.07 Å². The summed E-state index contributed by atoms with van der Waals surface area (Å²) in [7, 11) is 0.